The third-order valence-electron chi connectivity index (χ3n) is 6.27. The molecule has 0 spiro atoms. The second-order valence-electron chi connectivity index (χ2n) is 8.38. The molecule has 0 aliphatic carbocycles. The van der Waals surface area contributed by atoms with Crippen molar-refractivity contribution in [3.8, 4) is 12.1 Å². The quantitative estimate of drug-likeness (QED) is 0.136. The van der Waals surface area contributed by atoms with E-state index in [0.29, 0.717) is 42.7 Å². The SMILES string of the molecule is CCOC(=O)c1c2c(C#N)sc(SSc3sc(C#N)c4c(C(=O)OCC)c5ccccn5c34)c2n2ccccc12. The molecule has 0 saturated heterocycles. The van der Waals surface area contributed by atoms with E-state index in [9.17, 15) is 20.1 Å². The van der Waals surface area contributed by atoms with Crippen LogP contribution in [0.1, 0.15) is 44.3 Å². The number of hydrogen-bond acceptors (Lipinski definition) is 10. The molecule has 8 nitrogen and oxygen atoms in total. The predicted molar refractivity (Wildman–Crippen MR) is 159 cm³/mol. The number of hydrogen-bond donors (Lipinski definition) is 0. The van der Waals surface area contributed by atoms with E-state index in [2.05, 4.69) is 12.1 Å². The highest BCUT2D eigenvalue weighted by atomic mass is 33.1. The van der Waals surface area contributed by atoms with E-state index in [1.54, 1.807) is 13.8 Å². The molecule has 0 aliphatic rings. The van der Waals surface area contributed by atoms with Gasteiger partial charge in [-0.05, 0) is 59.7 Å². The lowest BCUT2D eigenvalue weighted by Crippen LogP contribution is -2.04. The van der Waals surface area contributed by atoms with Crippen molar-refractivity contribution in [2.45, 2.75) is 22.3 Å². The van der Waals surface area contributed by atoms with Gasteiger partial charge in [-0.15, -0.1) is 22.7 Å². The zero-order valence-corrected chi connectivity index (χ0v) is 24.4. The Morgan fingerprint density at radius 1 is 0.775 bits per heavy atom. The van der Waals surface area contributed by atoms with Gasteiger partial charge in [0, 0.05) is 23.2 Å². The minimum Gasteiger partial charge on any atom is -0.462 e. The van der Waals surface area contributed by atoms with Crippen LogP contribution in [0.5, 0.6) is 0 Å². The Balaban J connectivity index is 1.52. The minimum atomic E-state index is -0.468. The molecule has 40 heavy (non-hydrogen) atoms. The number of pyridine rings is 2. The van der Waals surface area contributed by atoms with Crippen LogP contribution in [0.3, 0.4) is 0 Å². The average Bonchev–Trinajstić information content (AvgIpc) is 3.69. The molecule has 0 N–H and O–H groups in total. The molecule has 0 aliphatic heterocycles. The third-order valence-corrected chi connectivity index (χ3v) is 11.7. The number of carbonyl (C=O) groups is 2. The van der Waals surface area contributed by atoms with E-state index < -0.39 is 11.9 Å². The normalized spacial score (nSPS) is 11.3. The molecule has 0 bridgehead atoms. The summed E-state index contributed by atoms with van der Waals surface area (Å²) in [5, 5.41) is 21.1. The highest BCUT2D eigenvalue weighted by Gasteiger charge is 2.29. The molecule has 6 rings (SSSR count). The summed E-state index contributed by atoms with van der Waals surface area (Å²) in [6, 6.07) is 15.6. The fourth-order valence-electron chi connectivity index (χ4n) is 4.81. The van der Waals surface area contributed by atoms with E-state index in [1.165, 1.54) is 44.3 Å². The van der Waals surface area contributed by atoms with Gasteiger partial charge in [0.15, 0.2) is 0 Å². The van der Waals surface area contributed by atoms with Crippen molar-refractivity contribution in [3.63, 3.8) is 0 Å². The summed E-state index contributed by atoms with van der Waals surface area (Å²) in [5.41, 5.74) is 3.62. The number of thiophene rings is 2. The maximum Gasteiger partial charge on any atom is 0.341 e. The number of esters is 2. The Kier molecular flexibility index (Phi) is 6.94. The van der Waals surface area contributed by atoms with Crippen molar-refractivity contribution in [2.75, 3.05) is 13.2 Å². The number of rotatable bonds is 7. The van der Waals surface area contributed by atoms with Gasteiger partial charge in [-0.3, -0.25) is 0 Å². The van der Waals surface area contributed by atoms with Gasteiger partial charge in [0.25, 0.3) is 0 Å². The molecule has 0 unspecified atom stereocenters. The second-order valence-corrected chi connectivity index (χ2v) is 13.1. The van der Waals surface area contributed by atoms with Crippen molar-refractivity contribution >= 4 is 89.0 Å². The Morgan fingerprint density at radius 2 is 1.20 bits per heavy atom. The molecular formula is C28H18N4O4S4. The second kappa shape index (κ2) is 10.6. The lowest BCUT2D eigenvalue weighted by Gasteiger charge is -2.03. The van der Waals surface area contributed by atoms with Crippen LogP contribution in [0.2, 0.25) is 0 Å². The van der Waals surface area contributed by atoms with Gasteiger partial charge < -0.3 is 18.3 Å². The molecule has 6 aromatic rings. The van der Waals surface area contributed by atoms with Gasteiger partial charge in [0.1, 0.15) is 21.9 Å². The van der Waals surface area contributed by atoms with E-state index in [4.69, 9.17) is 9.47 Å². The van der Waals surface area contributed by atoms with Crippen LogP contribution >= 0.6 is 44.3 Å². The van der Waals surface area contributed by atoms with E-state index in [1.807, 2.05) is 57.6 Å². The molecule has 0 atom stereocenters. The molecular weight excluding hydrogens is 585 g/mol. The highest BCUT2D eigenvalue weighted by Crippen LogP contribution is 2.52. The standard InChI is InChI=1S/C28H18N4O4S4/c1-3-35-25(33)19-15-9-5-7-11-31(15)23-21(19)17(13-29)37-27(23)39-40-28-24-22(18(14-30)38-28)20(26(34)36-4-2)16-10-6-8-12-32(16)24/h5-12H,3-4H2,1-2H3. The van der Waals surface area contributed by atoms with Gasteiger partial charge in [-0.25, -0.2) is 9.59 Å². The molecule has 198 valence electrons. The van der Waals surface area contributed by atoms with Crippen LogP contribution in [-0.2, 0) is 9.47 Å². The molecule has 6 heterocycles. The Morgan fingerprint density at radius 3 is 1.57 bits per heavy atom. The molecule has 6 aromatic heterocycles. The number of nitriles is 2. The Labute approximate surface area is 243 Å². The topological polar surface area (TPSA) is 109 Å². The summed E-state index contributed by atoms with van der Waals surface area (Å²) in [6.07, 6.45) is 3.73. The number of ether oxygens (including phenoxy) is 2. The van der Waals surface area contributed by atoms with Crippen LogP contribution in [0, 0.1) is 22.7 Å². The molecule has 12 heteroatoms. The first-order chi connectivity index (χ1) is 19.5. The van der Waals surface area contributed by atoms with Gasteiger partial charge >= 0.3 is 11.9 Å². The van der Waals surface area contributed by atoms with Gasteiger partial charge in [-0.2, -0.15) is 10.5 Å². The smallest absolute Gasteiger partial charge is 0.341 e. The summed E-state index contributed by atoms with van der Waals surface area (Å²) in [4.78, 5) is 26.8. The number of fused-ring (bicyclic) bond motifs is 6. The monoisotopic (exact) mass is 602 g/mol. The van der Waals surface area contributed by atoms with E-state index >= 15 is 0 Å². The Bertz CT molecular complexity index is 1920. The average molecular weight is 603 g/mol. The summed E-state index contributed by atoms with van der Waals surface area (Å²) in [5.74, 6) is -0.936. The minimum absolute atomic E-state index is 0.225. The lowest BCUT2D eigenvalue weighted by atomic mass is 10.1. The highest BCUT2D eigenvalue weighted by molar-refractivity contribution is 8.77. The van der Waals surface area contributed by atoms with Gasteiger partial charge in [0.05, 0.1) is 54.8 Å². The summed E-state index contributed by atoms with van der Waals surface area (Å²) in [7, 11) is 2.90. The third kappa shape index (κ3) is 3.95. The van der Waals surface area contributed by atoms with Crippen LogP contribution in [-0.4, -0.2) is 34.0 Å². The first-order valence-corrected chi connectivity index (χ1v) is 15.9. The van der Waals surface area contributed by atoms with Crippen LogP contribution < -0.4 is 0 Å². The van der Waals surface area contributed by atoms with Crippen molar-refractivity contribution in [2.24, 2.45) is 0 Å². The zero-order valence-electron chi connectivity index (χ0n) is 21.1. The first kappa shape index (κ1) is 26.3. The zero-order chi connectivity index (χ0) is 28.0. The Hall–Kier alpha value is -3.94. The van der Waals surface area contributed by atoms with Crippen LogP contribution in [0.25, 0.3) is 32.8 Å². The maximum atomic E-state index is 13.0. The number of carbonyl (C=O) groups excluding carboxylic acids is 2. The first-order valence-electron chi connectivity index (χ1n) is 12.1. The van der Waals surface area contributed by atoms with Gasteiger partial charge in [0.2, 0.25) is 0 Å². The van der Waals surface area contributed by atoms with Gasteiger partial charge in [-0.1, -0.05) is 12.1 Å². The summed E-state index contributed by atoms with van der Waals surface area (Å²) in [6.45, 7) is 3.95. The van der Waals surface area contributed by atoms with E-state index in [0.717, 1.165) is 19.5 Å². The van der Waals surface area contributed by atoms with Crippen molar-refractivity contribution in [3.05, 3.63) is 69.7 Å². The summed E-state index contributed by atoms with van der Waals surface area (Å²) >= 11 is 2.63. The fraction of sp³-hybridized carbons (Fsp3) is 0.143. The number of aromatic nitrogens is 2. The van der Waals surface area contributed by atoms with E-state index in [-0.39, 0.29) is 13.2 Å². The van der Waals surface area contributed by atoms with Crippen LogP contribution in [0.4, 0.5) is 0 Å². The largest absolute Gasteiger partial charge is 0.462 e. The van der Waals surface area contributed by atoms with Crippen molar-refractivity contribution < 1.29 is 19.1 Å². The van der Waals surface area contributed by atoms with Crippen molar-refractivity contribution in [1.82, 2.24) is 8.80 Å². The molecule has 0 aromatic carbocycles. The molecule has 0 amide bonds. The predicted octanol–water partition coefficient (Wildman–Crippen LogP) is 7.52. The van der Waals surface area contributed by atoms with Crippen molar-refractivity contribution in [1.29, 1.82) is 10.5 Å². The van der Waals surface area contributed by atoms with Crippen LogP contribution in [0.15, 0.2) is 57.2 Å². The number of nitrogens with zero attached hydrogens (tertiary/aromatic N) is 4. The maximum absolute atomic E-state index is 13.0. The molecule has 0 radical (unpaired) electrons. The lowest BCUT2D eigenvalue weighted by molar-refractivity contribution is 0.0521. The molecule has 0 fully saturated rings. The molecule has 0 saturated carbocycles. The fourth-order valence-corrected chi connectivity index (χ4v) is 10.1. The summed E-state index contributed by atoms with van der Waals surface area (Å²) < 4.78 is 16.2.